The van der Waals surface area contributed by atoms with Crippen molar-refractivity contribution in [2.75, 3.05) is 0 Å². The zero-order valence-corrected chi connectivity index (χ0v) is 21.3. The summed E-state index contributed by atoms with van der Waals surface area (Å²) in [5, 5.41) is 9.15. The van der Waals surface area contributed by atoms with Gasteiger partial charge in [0.2, 0.25) is 0 Å². The van der Waals surface area contributed by atoms with Crippen LogP contribution in [0.15, 0.2) is 63.9 Å². The van der Waals surface area contributed by atoms with Crippen LogP contribution in [-0.4, -0.2) is 25.3 Å². The van der Waals surface area contributed by atoms with Gasteiger partial charge in [-0.3, -0.25) is 9.59 Å². The molecule has 0 saturated heterocycles. The molecule has 1 N–H and O–H groups in total. The number of carboxylic acid groups (broad SMARTS) is 1. The van der Waals surface area contributed by atoms with E-state index < -0.39 is 32.2 Å². The SMILES string of the molecule is O=C(O)CCc1ccc(C(=O)CC2CCC(c3cc(F)ccc3F)(S(=O)(=O)c3ccc(Cl)cc3)CC2)o1. The number of ketones is 1. The molecule has 37 heavy (non-hydrogen) atoms. The molecule has 0 atom stereocenters. The number of aliphatic carboxylic acids is 1. The van der Waals surface area contributed by atoms with Gasteiger partial charge in [0.15, 0.2) is 21.4 Å². The Morgan fingerprint density at radius 1 is 1.03 bits per heavy atom. The quantitative estimate of drug-likeness (QED) is 0.311. The van der Waals surface area contributed by atoms with E-state index >= 15 is 0 Å². The summed E-state index contributed by atoms with van der Waals surface area (Å²) in [5.74, 6) is -2.49. The average Bonchev–Trinajstić information content (AvgIpc) is 3.34. The highest BCUT2D eigenvalue weighted by molar-refractivity contribution is 7.92. The van der Waals surface area contributed by atoms with E-state index in [1.807, 2.05) is 0 Å². The van der Waals surface area contributed by atoms with Crippen LogP contribution >= 0.6 is 11.6 Å². The molecule has 1 saturated carbocycles. The summed E-state index contributed by atoms with van der Waals surface area (Å²) in [6.07, 6.45) is 0.717. The van der Waals surface area contributed by atoms with Gasteiger partial charge >= 0.3 is 5.97 Å². The number of carbonyl (C=O) groups excluding carboxylic acids is 1. The normalized spacial score (nSPS) is 20.0. The van der Waals surface area contributed by atoms with E-state index in [1.165, 1.54) is 30.3 Å². The van der Waals surface area contributed by atoms with Crippen LogP contribution in [0.3, 0.4) is 0 Å². The molecule has 1 aromatic heterocycles. The van der Waals surface area contributed by atoms with Crippen molar-refractivity contribution < 1.29 is 36.3 Å². The van der Waals surface area contributed by atoms with Crippen molar-refractivity contribution in [3.8, 4) is 0 Å². The van der Waals surface area contributed by atoms with Crippen molar-refractivity contribution in [3.05, 3.63) is 88.3 Å². The molecule has 1 aliphatic carbocycles. The summed E-state index contributed by atoms with van der Waals surface area (Å²) in [5.41, 5.74) is -0.221. The second kappa shape index (κ2) is 10.8. The van der Waals surface area contributed by atoms with Gasteiger partial charge in [0.1, 0.15) is 22.1 Å². The van der Waals surface area contributed by atoms with Crippen molar-refractivity contribution >= 4 is 33.2 Å². The second-order valence-electron chi connectivity index (χ2n) is 9.31. The number of Topliss-reactive ketones (excluding diaryl/α,β-unsaturated/α-hetero) is 1. The van der Waals surface area contributed by atoms with Crippen molar-refractivity contribution in [3.63, 3.8) is 0 Å². The standard InChI is InChI=1S/C27H25ClF2O6S/c28-18-1-6-21(7-2-18)37(34,35)27(22-16-19(29)3-8-23(22)30)13-11-17(12-14-27)15-24(31)25-9-4-20(36-25)5-10-26(32)33/h1-4,6-9,16-17H,5,10-15H2,(H,32,33). The predicted molar refractivity (Wildman–Crippen MR) is 132 cm³/mol. The first-order valence-electron chi connectivity index (χ1n) is 11.8. The third-order valence-corrected chi connectivity index (χ3v) is 9.77. The number of sulfone groups is 1. The largest absolute Gasteiger partial charge is 0.481 e. The summed E-state index contributed by atoms with van der Waals surface area (Å²) < 4.78 is 60.7. The van der Waals surface area contributed by atoms with Crippen molar-refractivity contribution in [1.29, 1.82) is 0 Å². The maximum Gasteiger partial charge on any atom is 0.303 e. The average molecular weight is 551 g/mol. The zero-order chi connectivity index (χ0) is 26.8. The van der Waals surface area contributed by atoms with Crippen LogP contribution in [0, 0.1) is 17.6 Å². The molecule has 2 aromatic carbocycles. The molecule has 0 radical (unpaired) electrons. The smallest absolute Gasteiger partial charge is 0.303 e. The number of hydrogen-bond acceptors (Lipinski definition) is 5. The third-order valence-electron chi connectivity index (χ3n) is 6.97. The van der Waals surface area contributed by atoms with Crippen LogP contribution in [0.2, 0.25) is 5.02 Å². The van der Waals surface area contributed by atoms with Gasteiger partial charge in [-0.05, 0) is 86.2 Å². The molecule has 10 heteroatoms. The van der Waals surface area contributed by atoms with Crippen LogP contribution in [0.1, 0.15) is 60.4 Å². The maximum atomic E-state index is 15.0. The summed E-state index contributed by atoms with van der Waals surface area (Å²) in [4.78, 5) is 23.5. The Balaban J connectivity index is 1.57. The summed E-state index contributed by atoms with van der Waals surface area (Å²) >= 11 is 5.93. The molecular formula is C27H25ClF2O6S. The number of rotatable bonds is 9. The fourth-order valence-corrected chi connectivity index (χ4v) is 7.26. The molecule has 0 unspecified atom stereocenters. The van der Waals surface area contributed by atoms with Crippen molar-refractivity contribution in [2.45, 2.75) is 54.6 Å². The Morgan fingerprint density at radius 3 is 2.35 bits per heavy atom. The highest BCUT2D eigenvalue weighted by Crippen LogP contribution is 2.50. The lowest BCUT2D eigenvalue weighted by Crippen LogP contribution is -2.41. The van der Waals surface area contributed by atoms with Gasteiger partial charge in [0, 0.05) is 23.4 Å². The van der Waals surface area contributed by atoms with E-state index in [-0.39, 0.29) is 60.0 Å². The van der Waals surface area contributed by atoms with E-state index in [9.17, 15) is 26.8 Å². The lowest BCUT2D eigenvalue weighted by Gasteiger charge is -2.40. The molecule has 0 spiro atoms. The number of carbonyl (C=O) groups is 2. The van der Waals surface area contributed by atoms with Gasteiger partial charge in [-0.15, -0.1) is 0 Å². The Hall–Kier alpha value is -3.04. The number of furan rings is 1. The minimum atomic E-state index is -4.16. The first-order chi connectivity index (χ1) is 17.5. The summed E-state index contributed by atoms with van der Waals surface area (Å²) in [7, 11) is -4.16. The molecule has 1 fully saturated rings. The summed E-state index contributed by atoms with van der Waals surface area (Å²) in [6, 6.07) is 11.4. The minimum absolute atomic E-state index is 0.00169. The lowest BCUT2D eigenvalue weighted by atomic mass is 9.76. The Morgan fingerprint density at radius 2 is 1.70 bits per heavy atom. The molecule has 3 aromatic rings. The first kappa shape index (κ1) is 27.0. The van der Waals surface area contributed by atoms with Crippen LogP contribution in [0.4, 0.5) is 8.78 Å². The van der Waals surface area contributed by atoms with E-state index in [0.717, 1.165) is 18.2 Å². The molecule has 4 rings (SSSR count). The van der Waals surface area contributed by atoms with Crippen LogP contribution in [0.25, 0.3) is 0 Å². The molecule has 0 bridgehead atoms. The monoisotopic (exact) mass is 550 g/mol. The number of carboxylic acids is 1. The van der Waals surface area contributed by atoms with E-state index in [4.69, 9.17) is 21.1 Å². The number of hydrogen-bond donors (Lipinski definition) is 1. The van der Waals surface area contributed by atoms with Crippen molar-refractivity contribution in [2.24, 2.45) is 5.92 Å². The van der Waals surface area contributed by atoms with Crippen LogP contribution < -0.4 is 0 Å². The Kier molecular flexibility index (Phi) is 7.85. The number of benzene rings is 2. The van der Waals surface area contributed by atoms with Crippen LogP contribution in [-0.2, 0) is 25.8 Å². The molecule has 196 valence electrons. The van der Waals surface area contributed by atoms with Gasteiger partial charge < -0.3 is 9.52 Å². The topological polar surface area (TPSA) is 102 Å². The molecule has 0 aliphatic heterocycles. The lowest BCUT2D eigenvalue weighted by molar-refractivity contribution is -0.137. The zero-order valence-electron chi connectivity index (χ0n) is 19.8. The summed E-state index contributed by atoms with van der Waals surface area (Å²) in [6.45, 7) is 0. The predicted octanol–water partition coefficient (Wildman–Crippen LogP) is 6.36. The minimum Gasteiger partial charge on any atom is -0.481 e. The Bertz CT molecular complexity index is 1410. The Labute approximate surface area is 218 Å². The van der Waals surface area contributed by atoms with Gasteiger partial charge in [0.25, 0.3) is 0 Å². The molecular weight excluding hydrogens is 526 g/mol. The van der Waals surface area contributed by atoms with Gasteiger partial charge in [0.05, 0.1) is 11.3 Å². The highest BCUT2D eigenvalue weighted by atomic mass is 35.5. The number of halogens is 3. The maximum absolute atomic E-state index is 15.0. The first-order valence-corrected chi connectivity index (χ1v) is 13.7. The van der Waals surface area contributed by atoms with E-state index in [1.54, 1.807) is 6.07 Å². The fourth-order valence-electron chi connectivity index (χ4n) is 4.97. The highest BCUT2D eigenvalue weighted by Gasteiger charge is 2.50. The molecule has 0 amide bonds. The number of aryl methyl sites for hydroxylation is 1. The molecule has 1 heterocycles. The van der Waals surface area contributed by atoms with Gasteiger partial charge in [-0.1, -0.05) is 11.6 Å². The van der Waals surface area contributed by atoms with Crippen LogP contribution in [0.5, 0.6) is 0 Å². The third kappa shape index (κ3) is 5.62. The van der Waals surface area contributed by atoms with E-state index in [2.05, 4.69) is 0 Å². The van der Waals surface area contributed by atoms with Gasteiger partial charge in [-0.25, -0.2) is 17.2 Å². The fraction of sp³-hybridized carbons (Fsp3) is 0.333. The van der Waals surface area contributed by atoms with E-state index in [0.29, 0.717) is 23.6 Å². The van der Waals surface area contributed by atoms with Crippen molar-refractivity contribution in [1.82, 2.24) is 0 Å². The van der Waals surface area contributed by atoms with Gasteiger partial charge in [-0.2, -0.15) is 0 Å². The molecule has 1 aliphatic rings. The second-order valence-corrected chi connectivity index (χ2v) is 12.0. The molecule has 6 nitrogen and oxygen atoms in total.